The Morgan fingerprint density at radius 1 is 1.73 bits per heavy atom. The van der Waals surface area contributed by atoms with Gasteiger partial charge < -0.3 is 9.64 Å². The first kappa shape index (κ1) is 11.1. The second-order valence-electron chi connectivity index (χ2n) is 4.26. The molecule has 15 heavy (non-hydrogen) atoms. The molecule has 1 fully saturated rings. The van der Waals surface area contributed by atoms with E-state index in [-0.39, 0.29) is 11.7 Å². The molecule has 0 N–H and O–H groups in total. The second-order valence-corrected chi connectivity index (χ2v) is 5.33. The predicted octanol–water partition coefficient (Wildman–Crippen LogP) is 1.76. The summed E-state index contributed by atoms with van der Waals surface area (Å²) in [6, 6.07) is 0. The summed E-state index contributed by atoms with van der Waals surface area (Å²) in [4.78, 5) is 6.40. The third-order valence-electron chi connectivity index (χ3n) is 2.27. The fourth-order valence-electron chi connectivity index (χ4n) is 1.83. The van der Waals surface area contributed by atoms with Crippen molar-refractivity contribution in [1.29, 1.82) is 0 Å². The number of rotatable bonds is 2. The largest absolute Gasteiger partial charge is 0.367 e. The van der Waals surface area contributed by atoms with Crippen LogP contribution in [0.15, 0.2) is 6.33 Å². The van der Waals surface area contributed by atoms with Crippen molar-refractivity contribution in [1.82, 2.24) is 9.36 Å². The standard InChI is InChI=1S/C9H14ClN3OS/c1-9(2)5-13(4-7(3-10)14-9)8-11-6-12-15-8/h6-7H,3-5H2,1-2H3. The lowest BCUT2D eigenvalue weighted by Crippen LogP contribution is -2.53. The van der Waals surface area contributed by atoms with Gasteiger partial charge in [-0.3, -0.25) is 0 Å². The highest BCUT2D eigenvalue weighted by atomic mass is 35.5. The number of ether oxygens (including phenoxy) is 1. The van der Waals surface area contributed by atoms with Gasteiger partial charge in [-0.25, -0.2) is 4.98 Å². The molecule has 0 aliphatic carbocycles. The average Bonchev–Trinajstić information content (AvgIpc) is 2.68. The van der Waals surface area contributed by atoms with Crippen LogP contribution in [0.4, 0.5) is 5.13 Å². The Morgan fingerprint density at radius 2 is 2.53 bits per heavy atom. The van der Waals surface area contributed by atoms with Gasteiger partial charge in [0.15, 0.2) is 0 Å². The fourth-order valence-corrected chi connectivity index (χ4v) is 2.53. The van der Waals surface area contributed by atoms with E-state index in [4.69, 9.17) is 16.3 Å². The van der Waals surface area contributed by atoms with Crippen LogP contribution in [0.1, 0.15) is 13.8 Å². The number of alkyl halides is 1. The van der Waals surface area contributed by atoms with Gasteiger partial charge in [-0.1, -0.05) is 0 Å². The molecule has 2 rings (SSSR count). The van der Waals surface area contributed by atoms with Crippen molar-refractivity contribution in [3.05, 3.63) is 6.33 Å². The Morgan fingerprint density at radius 3 is 3.13 bits per heavy atom. The lowest BCUT2D eigenvalue weighted by atomic mass is 10.1. The van der Waals surface area contributed by atoms with Crippen molar-refractivity contribution in [2.45, 2.75) is 25.6 Å². The highest BCUT2D eigenvalue weighted by molar-refractivity contribution is 7.09. The van der Waals surface area contributed by atoms with Gasteiger partial charge in [0, 0.05) is 24.6 Å². The average molecular weight is 248 g/mol. The Balaban J connectivity index is 2.13. The number of morpholine rings is 1. The Kier molecular flexibility index (Phi) is 3.13. The van der Waals surface area contributed by atoms with Crippen molar-refractivity contribution in [2.24, 2.45) is 0 Å². The van der Waals surface area contributed by atoms with E-state index in [1.165, 1.54) is 11.5 Å². The Bertz CT molecular complexity index is 317. The van der Waals surface area contributed by atoms with Crippen LogP contribution in [0.3, 0.4) is 0 Å². The lowest BCUT2D eigenvalue weighted by Gasteiger charge is -2.42. The molecule has 1 unspecified atom stereocenters. The summed E-state index contributed by atoms with van der Waals surface area (Å²) in [7, 11) is 0. The van der Waals surface area contributed by atoms with Crippen molar-refractivity contribution >= 4 is 28.3 Å². The van der Waals surface area contributed by atoms with Crippen LogP contribution < -0.4 is 4.90 Å². The highest BCUT2D eigenvalue weighted by Crippen LogP contribution is 2.26. The van der Waals surface area contributed by atoms with E-state index >= 15 is 0 Å². The summed E-state index contributed by atoms with van der Waals surface area (Å²) >= 11 is 7.26. The van der Waals surface area contributed by atoms with Gasteiger partial charge in [-0.05, 0) is 13.8 Å². The molecule has 84 valence electrons. The maximum atomic E-state index is 5.85. The third-order valence-corrected chi connectivity index (χ3v) is 3.34. The van der Waals surface area contributed by atoms with Crippen LogP contribution in [0, 0.1) is 0 Å². The van der Waals surface area contributed by atoms with Gasteiger partial charge in [0.05, 0.1) is 17.6 Å². The van der Waals surface area contributed by atoms with Crippen molar-refractivity contribution in [2.75, 3.05) is 23.9 Å². The molecule has 0 spiro atoms. The van der Waals surface area contributed by atoms with E-state index in [1.807, 2.05) is 0 Å². The van der Waals surface area contributed by atoms with Gasteiger partial charge in [-0.15, -0.1) is 11.6 Å². The minimum absolute atomic E-state index is 0.0688. The molecule has 2 heterocycles. The first-order valence-electron chi connectivity index (χ1n) is 4.86. The zero-order valence-electron chi connectivity index (χ0n) is 8.81. The van der Waals surface area contributed by atoms with Crippen molar-refractivity contribution in [3.8, 4) is 0 Å². The molecule has 0 radical (unpaired) electrons. The van der Waals surface area contributed by atoms with Crippen LogP contribution in [-0.2, 0) is 4.74 Å². The van der Waals surface area contributed by atoms with Gasteiger partial charge >= 0.3 is 0 Å². The van der Waals surface area contributed by atoms with Crippen LogP contribution in [0.2, 0.25) is 0 Å². The number of nitrogens with zero attached hydrogens (tertiary/aromatic N) is 3. The number of aromatic nitrogens is 2. The predicted molar refractivity (Wildman–Crippen MR) is 61.8 cm³/mol. The lowest BCUT2D eigenvalue weighted by molar-refractivity contribution is -0.0734. The molecule has 1 aliphatic heterocycles. The number of anilines is 1. The van der Waals surface area contributed by atoms with Gasteiger partial charge in [0.25, 0.3) is 0 Å². The SMILES string of the molecule is CC1(C)CN(c2ncns2)CC(CCl)O1. The van der Waals surface area contributed by atoms with Gasteiger partial charge in [0.1, 0.15) is 6.33 Å². The summed E-state index contributed by atoms with van der Waals surface area (Å²) in [5.41, 5.74) is -0.177. The first-order valence-corrected chi connectivity index (χ1v) is 6.17. The van der Waals surface area contributed by atoms with Gasteiger partial charge in [0.2, 0.25) is 5.13 Å². The van der Waals surface area contributed by atoms with Crippen molar-refractivity contribution in [3.63, 3.8) is 0 Å². The zero-order valence-corrected chi connectivity index (χ0v) is 10.4. The topological polar surface area (TPSA) is 38.2 Å². The van der Waals surface area contributed by atoms with Crippen LogP contribution >= 0.6 is 23.1 Å². The molecule has 6 heteroatoms. The van der Waals surface area contributed by atoms with E-state index in [0.717, 1.165) is 18.2 Å². The van der Waals surface area contributed by atoms with Crippen molar-refractivity contribution < 1.29 is 4.74 Å². The number of hydrogen-bond donors (Lipinski definition) is 0. The summed E-state index contributed by atoms with van der Waals surface area (Å²) in [6.45, 7) is 5.76. The molecule has 4 nitrogen and oxygen atoms in total. The highest BCUT2D eigenvalue weighted by Gasteiger charge is 2.34. The molecule has 1 aliphatic rings. The smallest absolute Gasteiger partial charge is 0.205 e. The number of halogens is 1. The van der Waals surface area contributed by atoms with E-state index in [0.29, 0.717) is 5.88 Å². The summed E-state index contributed by atoms with van der Waals surface area (Å²) in [5, 5.41) is 0.946. The van der Waals surface area contributed by atoms with Crippen LogP contribution in [0.5, 0.6) is 0 Å². The molecule has 1 aromatic heterocycles. The monoisotopic (exact) mass is 247 g/mol. The molecular formula is C9H14ClN3OS. The van der Waals surface area contributed by atoms with E-state index in [1.54, 1.807) is 6.33 Å². The minimum atomic E-state index is -0.177. The third kappa shape index (κ3) is 2.59. The fraction of sp³-hybridized carbons (Fsp3) is 0.778. The maximum absolute atomic E-state index is 5.85. The summed E-state index contributed by atoms with van der Waals surface area (Å²) in [5.74, 6) is 0.513. The minimum Gasteiger partial charge on any atom is -0.367 e. The molecular weight excluding hydrogens is 234 g/mol. The molecule has 0 aromatic carbocycles. The molecule has 1 aromatic rings. The Hall–Kier alpha value is -0.390. The van der Waals surface area contributed by atoms with Crippen LogP contribution in [-0.4, -0.2) is 40.0 Å². The van der Waals surface area contributed by atoms with E-state index in [2.05, 4.69) is 28.1 Å². The molecule has 0 saturated carbocycles. The quantitative estimate of drug-likeness (QED) is 0.747. The molecule has 1 saturated heterocycles. The molecule has 0 bridgehead atoms. The normalized spacial score (nSPS) is 25.5. The van der Waals surface area contributed by atoms with Gasteiger partial charge in [-0.2, -0.15) is 4.37 Å². The first-order chi connectivity index (χ1) is 7.11. The second kappa shape index (κ2) is 4.23. The van der Waals surface area contributed by atoms with Crippen LogP contribution in [0.25, 0.3) is 0 Å². The van der Waals surface area contributed by atoms with E-state index < -0.39 is 0 Å². The summed E-state index contributed by atoms with van der Waals surface area (Å²) < 4.78 is 9.85. The zero-order chi connectivity index (χ0) is 10.9. The van der Waals surface area contributed by atoms with E-state index in [9.17, 15) is 0 Å². The Labute approximate surface area is 98.4 Å². The molecule has 0 amide bonds. The number of hydrogen-bond acceptors (Lipinski definition) is 5. The molecule has 1 atom stereocenters. The maximum Gasteiger partial charge on any atom is 0.205 e. The summed E-state index contributed by atoms with van der Waals surface area (Å²) in [6.07, 6.45) is 1.65.